The number of hydrogen-bond donors (Lipinski definition) is 1. The van der Waals surface area contributed by atoms with E-state index < -0.39 is 5.97 Å². The number of carbonyl (C=O) groups is 1. The molecule has 0 atom stereocenters. The van der Waals surface area contributed by atoms with Gasteiger partial charge in [-0.25, -0.2) is 4.79 Å². The maximum absolute atomic E-state index is 10.9. The summed E-state index contributed by atoms with van der Waals surface area (Å²) in [5.74, 6) is -0.236. The number of aromatic carboxylic acids is 1. The van der Waals surface area contributed by atoms with Crippen LogP contribution >= 0.6 is 0 Å². The number of carboxylic acid groups (broad SMARTS) is 1. The maximum atomic E-state index is 10.9. The van der Waals surface area contributed by atoms with Crippen LogP contribution in [0.1, 0.15) is 22.8 Å². The fourth-order valence-corrected chi connectivity index (χ4v) is 1.26. The van der Waals surface area contributed by atoms with E-state index in [0.29, 0.717) is 11.3 Å². The third kappa shape index (κ3) is 3.28. The van der Waals surface area contributed by atoms with Crippen LogP contribution in [0.15, 0.2) is 48.8 Å². The van der Waals surface area contributed by atoms with Gasteiger partial charge >= 0.3 is 5.97 Å². The minimum absolute atomic E-state index is 0.249. The molecule has 1 N–H and O–H groups in total. The highest BCUT2D eigenvalue weighted by Crippen LogP contribution is 2.12. The average molecular weight is 218 g/mol. The van der Waals surface area contributed by atoms with Crippen LogP contribution in [0.5, 0.6) is 0 Å². The van der Waals surface area contributed by atoms with Crippen molar-refractivity contribution in [1.29, 1.82) is 0 Å². The van der Waals surface area contributed by atoms with Crippen molar-refractivity contribution < 1.29 is 14.6 Å². The molecule has 16 heavy (non-hydrogen) atoms. The summed E-state index contributed by atoms with van der Waals surface area (Å²) in [6, 6.07) is 6.79. The lowest BCUT2D eigenvalue weighted by Crippen LogP contribution is -2.03. The van der Waals surface area contributed by atoms with E-state index in [1.54, 1.807) is 43.3 Å². The van der Waals surface area contributed by atoms with E-state index in [1.807, 2.05) is 0 Å². The first kappa shape index (κ1) is 12.0. The van der Waals surface area contributed by atoms with Crippen LogP contribution in [0.3, 0.4) is 0 Å². The van der Waals surface area contributed by atoms with E-state index in [9.17, 15) is 4.79 Å². The quantitative estimate of drug-likeness (QED) is 0.610. The van der Waals surface area contributed by atoms with Crippen LogP contribution in [0.4, 0.5) is 0 Å². The van der Waals surface area contributed by atoms with Crippen LogP contribution in [0.25, 0.3) is 0 Å². The Labute approximate surface area is 94.7 Å². The number of carboxylic acids is 1. The van der Waals surface area contributed by atoms with Gasteiger partial charge in [0.25, 0.3) is 0 Å². The molecule has 0 unspecified atom stereocenters. The molecule has 0 bridgehead atoms. The van der Waals surface area contributed by atoms with E-state index in [1.165, 1.54) is 0 Å². The topological polar surface area (TPSA) is 46.5 Å². The van der Waals surface area contributed by atoms with Gasteiger partial charge in [-0.15, -0.1) is 0 Å². The Hall–Kier alpha value is -2.03. The van der Waals surface area contributed by atoms with Gasteiger partial charge in [-0.1, -0.05) is 30.9 Å². The second-order valence-corrected chi connectivity index (χ2v) is 3.26. The van der Waals surface area contributed by atoms with E-state index in [0.717, 1.165) is 0 Å². The monoisotopic (exact) mass is 218 g/mol. The summed E-state index contributed by atoms with van der Waals surface area (Å²) in [7, 11) is 0. The molecule has 0 fully saturated rings. The second kappa shape index (κ2) is 5.75. The normalized spacial score (nSPS) is 10.9. The minimum Gasteiger partial charge on any atom is -0.494 e. The molecule has 0 saturated carbocycles. The molecule has 3 nitrogen and oxygen atoms in total. The Morgan fingerprint density at radius 1 is 1.50 bits per heavy atom. The molecule has 0 amide bonds. The number of allylic oxidation sites excluding steroid dienone is 3. The molecule has 84 valence electrons. The van der Waals surface area contributed by atoms with Crippen molar-refractivity contribution in [3.05, 3.63) is 59.9 Å². The van der Waals surface area contributed by atoms with Gasteiger partial charge in [0.15, 0.2) is 0 Å². The third-order valence-electron chi connectivity index (χ3n) is 2.06. The van der Waals surface area contributed by atoms with Gasteiger partial charge in [0.2, 0.25) is 0 Å². The number of benzene rings is 1. The van der Waals surface area contributed by atoms with E-state index in [2.05, 4.69) is 6.58 Å². The molecule has 0 aliphatic carbocycles. The van der Waals surface area contributed by atoms with Gasteiger partial charge in [-0.2, -0.15) is 0 Å². The van der Waals surface area contributed by atoms with Crippen molar-refractivity contribution in [2.75, 3.05) is 0 Å². The molecule has 1 aromatic carbocycles. The lowest BCUT2D eigenvalue weighted by atomic mass is 10.1. The van der Waals surface area contributed by atoms with Gasteiger partial charge in [-0.3, -0.25) is 0 Å². The predicted molar refractivity (Wildman–Crippen MR) is 62.1 cm³/mol. The van der Waals surface area contributed by atoms with Crippen molar-refractivity contribution >= 4 is 5.97 Å². The molecule has 0 saturated heterocycles. The predicted octanol–water partition coefficient (Wildman–Crippen LogP) is 2.99. The van der Waals surface area contributed by atoms with Gasteiger partial charge < -0.3 is 9.84 Å². The SMILES string of the molecule is C=C/C=C(\C)OCc1ccccc1C(=O)O. The van der Waals surface area contributed by atoms with Gasteiger partial charge in [0.05, 0.1) is 11.3 Å². The van der Waals surface area contributed by atoms with Crippen molar-refractivity contribution in [2.24, 2.45) is 0 Å². The van der Waals surface area contributed by atoms with Crippen molar-refractivity contribution in [3.8, 4) is 0 Å². The Morgan fingerprint density at radius 2 is 2.19 bits per heavy atom. The number of ether oxygens (including phenoxy) is 1. The fourth-order valence-electron chi connectivity index (χ4n) is 1.26. The van der Waals surface area contributed by atoms with Crippen molar-refractivity contribution in [3.63, 3.8) is 0 Å². The Morgan fingerprint density at radius 3 is 2.81 bits per heavy atom. The van der Waals surface area contributed by atoms with Gasteiger partial charge in [0.1, 0.15) is 6.61 Å². The molecule has 0 heterocycles. The van der Waals surface area contributed by atoms with Crippen LogP contribution in [-0.4, -0.2) is 11.1 Å². The molecule has 0 radical (unpaired) electrons. The smallest absolute Gasteiger partial charge is 0.336 e. The summed E-state index contributed by atoms with van der Waals surface area (Å²) in [5, 5.41) is 8.95. The summed E-state index contributed by atoms with van der Waals surface area (Å²) in [4.78, 5) is 10.9. The highest BCUT2D eigenvalue weighted by molar-refractivity contribution is 5.89. The third-order valence-corrected chi connectivity index (χ3v) is 2.06. The molecule has 0 aliphatic heterocycles. The molecular weight excluding hydrogens is 204 g/mol. The minimum atomic E-state index is -0.940. The molecule has 0 aromatic heterocycles. The number of rotatable bonds is 5. The van der Waals surface area contributed by atoms with Gasteiger partial charge in [-0.05, 0) is 19.1 Å². The molecule has 1 aromatic rings. The van der Waals surface area contributed by atoms with Crippen molar-refractivity contribution in [1.82, 2.24) is 0 Å². The summed E-state index contributed by atoms with van der Waals surface area (Å²) in [6.45, 7) is 5.60. The molecular formula is C13H14O3. The molecule has 0 aliphatic rings. The first-order chi connectivity index (χ1) is 7.65. The lowest BCUT2D eigenvalue weighted by Gasteiger charge is -2.08. The first-order valence-electron chi connectivity index (χ1n) is 4.88. The first-order valence-corrected chi connectivity index (χ1v) is 4.88. The summed E-state index contributed by atoms with van der Waals surface area (Å²) < 4.78 is 5.39. The van der Waals surface area contributed by atoms with E-state index in [-0.39, 0.29) is 12.2 Å². The van der Waals surface area contributed by atoms with Crippen molar-refractivity contribution in [2.45, 2.75) is 13.5 Å². The zero-order valence-corrected chi connectivity index (χ0v) is 9.14. The summed E-state index contributed by atoms with van der Waals surface area (Å²) in [6.07, 6.45) is 3.35. The zero-order valence-electron chi connectivity index (χ0n) is 9.14. The van der Waals surface area contributed by atoms with E-state index in [4.69, 9.17) is 9.84 Å². The fraction of sp³-hybridized carbons (Fsp3) is 0.154. The van der Waals surface area contributed by atoms with Crippen LogP contribution in [0, 0.1) is 0 Å². The second-order valence-electron chi connectivity index (χ2n) is 3.26. The molecule has 0 spiro atoms. The average Bonchev–Trinajstić information content (AvgIpc) is 2.27. The maximum Gasteiger partial charge on any atom is 0.336 e. The zero-order chi connectivity index (χ0) is 12.0. The standard InChI is InChI=1S/C13H14O3/c1-3-6-10(2)16-9-11-7-4-5-8-12(11)13(14)15/h3-8H,1,9H2,2H3,(H,14,15)/b10-6+. The Kier molecular flexibility index (Phi) is 4.33. The highest BCUT2D eigenvalue weighted by Gasteiger charge is 2.08. The van der Waals surface area contributed by atoms with Crippen LogP contribution in [-0.2, 0) is 11.3 Å². The Balaban J connectivity index is 2.77. The van der Waals surface area contributed by atoms with Gasteiger partial charge in [0, 0.05) is 5.56 Å². The van der Waals surface area contributed by atoms with Crippen LogP contribution < -0.4 is 0 Å². The number of hydrogen-bond acceptors (Lipinski definition) is 2. The lowest BCUT2D eigenvalue weighted by molar-refractivity contribution is 0.0692. The van der Waals surface area contributed by atoms with Crippen LogP contribution in [0.2, 0.25) is 0 Å². The molecule has 1 rings (SSSR count). The van der Waals surface area contributed by atoms with E-state index >= 15 is 0 Å². The highest BCUT2D eigenvalue weighted by atomic mass is 16.5. The Bertz CT molecular complexity index is 419. The summed E-state index contributed by atoms with van der Waals surface area (Å²) in [5.41, 5.74) is 0.931. The summed E-state index contributed by atoms with van der Waals surface area (Å²) >= 11 is 0. The largest absolute Gasteiger partial charge is 0.494 e. The molecule has 3 heteroatoms.